The molecule has 0 aliphatic heterocycles. The minimum Gasteiger partial charge on any atom is -0.330 e. The van der Waals surface area contributed by atoms with Crippen molar-refractivity contribution >= 4 is 0 Å². The van der Waals surface area contributed by atoms with E-state index in [9.17, 15) is 4.39 Å². The fourth-order valence-electron chi connectivity index (χ4n) is 1.52. The Labute approximate surface area is 90.5 Å². The Kier molecular flexibility index (Phi) is 4.72. The summed E-state index contributed by atoms with van der Waals surface area (Å²) in [6.07, 6.45) is 2.83. The van der Waals surface area contributed by atoms with Crippen LogP contribution in [0.2, 0.25) is 0 Å². The molecule has 0 aromatic heterocycles. The van der Waals surface area contributed by atoms with E-state index in [-0.39, 0.29) is 11.9 Å². The molecule has 4 N–H and O–H groups in total. The number of rotatable bonds is 5. The van der Waals surface area contributed by atoms with Crippen LogP contribution in [0.1, 0.15) is 36.4 Å². The molecule has 0 amide bonds. The summed E-state index contributed by atoms with van der Waals surface area (Å²) in [6.45, 7) is 2.44. The maximum absolute atomic E-state index is 13.3. The second-order valence-electron chi connectivity index (χ2n) is 3.90. The molecule has 0 saturated heterocycles. The van der Waals surface area contributed by atoms with Gasteiger partial charge in [-0.2, -0.15) is 0 Å². The van der Waals surface area contributed by atoms with E-state index in [1.54, 1.807) is 13.0 Å². The summed E-state index contributed by atoms with van der Waals surface area (Å²) in [6, 6.07) is 5.12. The Hall–Kier alpha value is -0.930. The first kappa shape index (κ1) is 12.1. The number of hydrogen-bond acceptors (Lipinski definition) is 2. The fourth-order valence-corrected chi connectivity index (χ4v) is 1.52. The zero-order chi connectivity index (χ0) is 11.3. The Morgan fingerprint density at radius 1 is 1.33 bits per heavy atom. The van der Waals surface area contributed by atoms with Crippen LogP contribution in [0, 0.1) is 12.7 Å². The van der Waals surface area contributed by atoms with Gasteiger partial charge in [-0.05, 0) is 43.5 Å². The van der Waals surface area contributed by atoms with Crippen molar-refractivity contribution in [2.75, 3.05) is 6.54 Å². The van der Waals surface area contributed by atoms with E-state index in [0.29, 0.717) is 12.1 Å². The molecule has 0 fully saturated rings. The number of aryl methyl sites for hydroxylation is 1. The zero-order valence-electron chi connectivity index (χ0n) is 9.17. The Morgan fingerprint density at radius 2 is 2.07 bits per heavy atom. The normalized spacial score (nSPS) is 12.8. The van der Waals surface area contributed by atoms with Crippen LogP contribution in [-0.4, -0.2) is 6.54 Å². The van der Waals surface area contributed by atoms with Crippen LogP contribution in [0.3, 0.4) is 0 Å². The molecule has 3 heteroatoms. The molecule has 1 aromatic rings. The molecular weight excluding hydrogens is 191 g/mol. The van der Waals surface area contributed by atoms with Crippen LogP contribution >= 0.6 is 0 Å². The van der Waals surface area contributed by atoms with Crippen LogP contribution in [0.4, 0.5) is 4.39 Å². The summed E-state index contributed by atoms with van der Waals surface area (Å²) in [4.78, 5) is 0. The van der Waals surface area contributed by atoms with Crippen molar-refractivity contribution in [1.29, 1.82) is 0 Å². The van der Waals surface area contributed by atoms with Crippen molar-refractivity contribution in [2.45, 2.75) is 32.2 Å². The van der Waals surface area contributed by atoms with Gasteiger partial charge in [0.1, 0.15) is 5.82 Å². The Morgan fingerprint density at radius 3 is 2.67 bits per heavy atom. The van der Waals surface area contributed by atoms with Crippen LogP contribution in [0.15, 0.2) is 18.2 Å². The third kappa shape index (κ3) is 3.61. The van der Waals surface area contributed by atoms with Gasteiger partial charge in [0.2, 0.25) is 0 Å². The van der Waals surface area contributed by atoms with Gasteiger partial charge < -0.3 is 11.5 Å². The first-order valence-electron chi connectivity index (χ1n) is 5.37. The number of hydrogen-bond donors (Lipinski definition) is 2. The molecule has 1 atom stereocenters. The van der Waals surface area contributed by atoms with Crippen molar-refractivity contribution in [2.24, 2.45) is 11.5 Å². The molecule has 1 rings (SSSR count). The Balaban J connectivity index is 2.57. The molecule has 1 aromatic carbocycles. The number of unbranched alkanes of at least 4 members (excludes halogenated alkanes) is 1. The van der Waals surface area contributed by atoms with Crippen molar-refractivity contribution < 1.29 is 4.39 Å². The van der Waals surface area contributed by atoms with Crippen molar-refractivity contribution in [3.05, 3.63) is 35.1 Å². The van der Waals surface area contributed by atoms with Crippen molar-refractivity contribution in [1.82, 2.24) is 0 Å². The molecule has 0 aliphatic carbocycles. The summed E-state index contributed by atoms with van der Waals surface area (Å²) >= 11 is 0. The molecule has 0 radical (unpaired) electrons. The summed E-state index contributed by atoms with van der Waals surface area (Å²) in [5, 5.41) is 0. The van der Waals surface area contributed by atoms with Crippen molar-refractivity contribution in [3.8, 4) is 0 Å². The summed E-state index contributed by atoms with van der Waals surface area (Å²) < 4.78 is 13.3. The lowest BCUT2D eigenvalue weighted by Gasteiger charge is -2.12. The lowest BCUT2D eigenvalue weighted by Crippen LogP contribution is -2.11. The minimum absolute atomic E-state index is 0.0772. The van der Waals surface area contributed by atoms with E-state index in [0.717, 1.165) is 24.8 Å². The predicted octanol–water partition coefficient (Wildman–Crippen LogP) is 2.26. The second kappa shape index (κ2) is 5.83. The predicted molar refractivity (Wildman–Crippen MR) is 61.0 cm³/mol. The summed E-state index contributed by atoms with van der Waals surface area (Å²) in [7, 11) is 0. The van der Waals surface area contributed by atoms with E-state index in [1.165, 1.54) is 6.07 Å². The SMILES string of the molecule is Cc1ccc([C@H](N)CCCCN)cc1F. The largest absolute Gasteiger partial charge is 0.330 e. The van der Waals surface area contributed by atoms with E-state index >= 15 is 0 Å². The van der Waals surface area contributed by atoms with Crippen LogP contribution in [-0.2, 0) is 0 Å². The highest BCUT2D eigenvalue weighted by molar-refractivity contribution is 5.25. The van der Waals surface area contributed by atoms with Crippen LogP contribution in [0.25, 0.3) is 0 Å². The van der Waals surface area contributed by atoms with E-state index in [2.05, 4.69) is 0 Å². The van der Waals surface area contributed by atoms with Crippen LogP contribution < -0.4 is 11.5 Å². The highest BCUT2D eigenvalue weighted by Crippen LogP contribution is 2.19. The van der Waals surface area contributed by atoms with Gasteiger partial charge in [-0.15, -0.1) is 0 Å². The molecule has 0 saturated carbocycles. The lowest BCUT2D eigenvalue weighted by atomic mass is 10.0. The minimum atomic E-state index is -0.179. The molecule has 84 valence electrons. The average molecular weight is 210 g/mol. The number of halogens is 1. The highest BCUT2D eigenvalue weighted by atomic mass is 19.1. The smallest absolute Gasteiger partial charge is 0.126 e. The third-order valence-corrected chi connectivity index (χ3v) is 2.59. The molecule has 15 heavy (non-hydrogen) atoms. The fraction of sp³-hybridized carbons (Fsp3) is 0.500. The molecule has 0 heterocycles. The van der Waals surface area contributed by atoms with E-state index in [1.807, 2.05) is 6.07 Å². The summed E-state index contributed by atoms with van der Waals surface area (Å²) in [5.41, 5.74) is 12.9. The maximum atomic E-state index is 13.3. The quantitative estimate of drug-likeness (QED) is 0.732. The monoisotopic (exact) mass is 210 g/mol. The van der Waals surface area contributed by atoms with Gasteiger partial charge in [0.05, 0.1) is 0 Å². The highest BCUT2D eigenvalue weighted by Gasteiger charge is 2.07. The first-order valence-corrected chi connectivity index (χ1v) is 5.37. The van der Waals surface area contributed by atoms with Gasteiger partial charge in [0, 0.05) is 6.04 Å². The molecular formula is C12H19FN2. The molecule has 0 bridgehead atoms. The first-order chi connectivity index (χ1) is 7.15. The standard InChI is InChI=1S/C12H19FN2/c1-9-5-6-10(8-11(9)13)12(15)4-2-3-7-14/h5-6,8,12H,2-4,7,14-15H2,1H3/t12-/m1/s1. The van der Waals surface area contributed by atoms with Gasteiger partial charge in [-0.3, -0.25) is 0 Å². The van der Waals surface area contributed by atoms with E-state index < -0.39 is 0 Å². The zero-order valence-corrected chi connectivity index (χ0v) is 9.17. The number of nitrogens with two attached hydrogens (primary N) is 2. The molecule has 0 spiro atoms. The summed E-state index contributed by atoms with van der Waals surface area (Å²) in [5.74, 6) is -0.179. The van der Waals surface area contributed by atoms with Gasteiger partial charge >= 0.3 is 0 Å². The van der Waals surface area contributed by atoms with Crippen LogP contribution in [0.5, 0.6) is 0 Å². The lowest BCUT2D eigenvalue weighted by molar-refractivity contribution is 0.577. The van der Waals surface area contributed by atoms with Gasteiger partial charge in [0.15, 0.2) is 0 Å². The van der Waals surface area contributed by atoms with Gasteiger partial charge in [-0.1, -0.05) is 18.6 Å². The maximum Gasteiger partial charge on any atom is 0.126 e. The molecule has 0 aliphatic rings. The van der Waals surface area contributed by atoms with Gasteiger partial charge in [0.25, 0.3) is 0 Å². The van der Waals surface area contributed by atoms with Crippen molar-refractivity contribution in [3.63, 3.8) is 0 Å². The van der Waals surface area contributed by atoms with E-state index in [4.69, 9.17) is 11.5 Å². The van der Waals surface area contributed by atoms with Gasteiger partial charge in [-0.25, -0.2) is 4.39 Å². The third-order valence-electron chi connectivity index (χ3n) is 2.59. The number of benzene rings is 1. The Bertz CT molecular complexity index is 312. The topological polar surface area (TPSA) is 52.0 Å². The second-order valence-corrected chi connectivity index (χ2v) is 3.90. The molecule has 0 unspecified atom stereocenters. The molecule has 2 nitrogen and oxygen atoms in total. The average Bonchev–Trinajstić information content (AvgIpc) is 2.22.